The van der Waals surface area contributed by atoms with Gasteiger partial charge in [0.2, 0.25) is 0 Å². The average molecular weight is 341 g/mol. The Morgan fingerprint density at radius 3 is 2.44 bits per heavy atom. The summed E-state index contributed by atoms with van der Waals surface area (Å²) in [6, 6.07) is 14.1. The number of aryl methyl sites for hydroxylation is 1. The second-order valence-electron chi connectivity index (χ2n) is 5.66. The molecule has 0 saturated heterocycles. The fourth-order valence-electron chi connectivity index (χ4n) is 2.58. The van der Waals surface area contributed by atoms with Crippen LogP contribution in [0.15, 0.2) is 47.5 Å². The first-order chi connectivity index (χ1) is 12.2. The van der Waals surface area contributed by atoms with E-state index < -0.39 is 0 Å². The summed E-state index contributed by atoms with van der Waals surface area (Å²) < 4.78 is 10.7. The van der Waals surface area contributed by atoms with Gasteiger partial charge in [0, 0.05) is 18.7 Å². The summed E-state index contributed by atoms with van der Waals surface area (Å²) in [5, 5.41) is 6.62. The van der Waals surface area contributed by atoms with Crippen molar-refractivity contribution in [2.75, 3.05) is 20.8 Å². The standard InChI is InChI=1S/C20H27N3O2/c1-5-21-20(23-14-17-8-6-7-9-19(17)25-4)22-13-16-10-11-18(24-3)15(2)12-16/h6-12H,5,13-14H2,1-4H3,(H2,21,22,23). The molecule has 0 aliphatic rings. The zero-order valence-electron chi connectivity index (χ0n) is 15.4. The van der Waals surface area contributed by atoms with Crippen LogP contribution < -0.4 is 20.1 Å². The molecule has 2 rings (SSSR count). The minimum Gasteiger partial charge on any atom is -0.496 e. The van der Waals surface area contributed by atoms with Crippen LogP contribution in [0, 0.1) is 6.92 Å². The molecule has 5 heteroatoms. The lowest BCUT2D eigenvalue weighted by Gasteiger charge is -2.13. The van der Waals surface area contributed by atoms with E-state index >= 15 is 0 Å². The van der Waals surface area contributed by atoms with Gasteiger partial charge in [-0.1, -0.05) is 30.3 Å². The predicted molar refractivity (Wildman–Crippen MR) is 102 cm³/mol. The maximum atomic E-state index is 5.39. The van der Waals surface area contributed by atoms with Crippen LogP contribution in [0.5, 0.6) is 11.5 Å². The number of hydrogen-bond donors (Lipinski definition) is 2. The van der Waals surface area contributed by atoms with Crippen molar-refractivity contribution >= 4 is 5.96 Å². The first-order valence-electron chi connectivity index (χ1n) is 8.45. The van der Waals surface area contributed by atoms with Crippen LogP contribution in [-0.4, -0.2) is 26.7 Å². The summed E-state index contributed by atoms with van der Waals surface area (Å²) >= 11 is 0. The number of ether oxygens (including phenoxy) is 2. The zero-order valence-corrected chi connectivity index (χ0v) is 15.4. The van der Waals surface area contributed by atoms with Crippen molar-refractivity contribution in [2.45, 2.75) is 26.9 Å². The molecule has 2 N–H and O–H groups in total. The molecule has 2 aromatic carbocycles. The first-order valence-corrected chi connectivity index (χ1v) is 8.45. The average Bonchev–Trinajstić information content (AvgIpc) is 2.64. The molecule has 0 spiro atoms. The SMILES string of the molecule is CCNC(=NCc1ccc(OC)c(C)c1)NCc1ccccc1OC. The smallest absolute Gasteiger partial charge is 0.191 e. The number of guanidine groups is 1. The van der Waals surface area contributed by atoms with E-state index in [1.807, 2.05) is 43.3 Å². The Kier molecular flexibility index (Phi) is 7.14. The Morgan fingerprint density at radius 2 is 1.76 bits per heavy atom. The van der Waals surface area contributed by atoms with Crippen molar-refractivity contribution in [3.8, 4) is 11.5 Å². The number of aliphatic imine (C=N–C) groups is 1. The predicted octanol–water partition coefficient (Wildman–Crippen LogP) is 3.27. The summed E-state index contributed by atoms with van der Waals surface area (Å²) in [7, 11) is 3.37. The van der Waals surface area contributed by atoms with Gasteiger partial charge in [0.05, 0.1) is 20.8 Å². The van der Waals surface area contributed by atoms with E-state index in [0.717, 1.165) is 40.7 Å². The molecule has 0 aromatic heterocycles. The third-order valence-corrected chi connectivity index (χ3v) is 3.86. The summed E-state index contributed by atoms with van der Waals surface area (Å²) in [4.78, 5) is 4.66. The second kappa shape index (κ2) is 9.57. The van der Waals surface area contributed by atoms with Crippen molar-refractivity contribution in [3.05, 3.63) is 59.2 Å². The number of hydrogen-bond acceptors (Lipinski definition) is 3. The Hall–Kier alpha value is -2.69. The normalized spacial score (nSPS) is 11.1. The summed E-state index contributed by atoms with van der Waals surface area (Å²) in [6.45, 7) is 6.15. The second-order valence-corrected chi connectivity index (χ2v) is 5.66. The van der Waals surface area contributed by atoms with Crippen LogP contribution in [0.3, 0.4) is 0 Å². The molecule has 0 saturated carbocycles. The Bertz CT molecular complexity index is 714. The van der Waals surface area contributed by atoms with Gasteiger partial charge >= 0.3 is 0 Å². The van der Waals surface area contributed by atoms with Gasteiger partial charge < -0.3 is 20.1 Å². The number of nitrogens with zero attached hydrogens (tertiary/aromatic N) is 1. The molecular weight excluding hydrogens is 314 g/mol. The molecule has 2 aromatic rings. The minimum absolute atomic E-state index is 0.603. The molecular formula is C20H27N3O2. The largest absolute Gasteiger partial charge is 0.496 e. The highest BCUT2D eigenvalue weighted by Crippen LogP contribution is 2.19. The minimum atomic E-state index is 0.603. The van der Waals surface area contributed by atoms with Gasteiger partial charge in [-0.15, -0.1) is 0 Å². The van der Waals surface area contributed by atoms with Gasteiger partial charge in [-0.2, -0.15) is 0 Å². The maximum Gasteiger partial charge on any atom is 0.191 e. The number of methoxy groups -OCH3 is 2. The lowest BCUT2D eigenvalue weighted by molar-refractivity contribution is 0.409. The highest BCUT2D eigenvalue weighted by Gasteiger charge is 2.04. The van der Waals surface area contributed by atoms with E-state index in [1.54, 1.807) is 14.2 Å². The van der Waals surface area contributed by atoms with Crippen LogP contribution in [0.1, 0.15) is 23.6 Å². The topological polar surface area (TPSA) is 54.9 Å². The Labute approximate surface area is 150 Å². The van der Waals surface area contributed by atoms with Crippen molar-refractivity contribution in [3.63, 3.8) is 0 Å². The lowest BCUT2D eigenvalue weighted by atomic mass is 10.1. The Morgan fingerprint density at radius 1 is 1.00 bits per heavy atom. The van der Waals surface area contributed by atoms with Crippen molar-refractivity contribution < 1.29 is 9.47 Å². The van der Waals surface area contributed by atoms with E-state index in [0.29, 0.717) is 13.1 Å². The maximum absolute atomic E-state index is 5.39. The number of para-hydroxylation sites is 1. The highest BCUT2D eigenvalue weighted by molar-refractivity contribution is 5.79. The van der Waals surface area contributed by atoms with Crippen LogP contribution >= 0.6 is 0 Å². The van der Waals surface area contributed by atoms with Crippen molar-refractivity contribution in [1.29, 1.82) is 0 Å². The van der Waals surface area contributed by atoms with E-state index in [9.17, 15) is 0 Å². The van der Waals surface area contributed by atoms with Crippen molar-refractivity contribution in [1.82, 2.24) is 10.6 Å². The fourth-order valence-corrected chi connectivity index (χ4v) is 2.58. The molecule has 0 bridgehead atoms. The zero-order chi connectivity index (χ0) is 18.1. The van der Waals surface area contributed by atoms with Gasteiger partial charge in [-0.05, 0) is 37.1 Å². The van der Waals surface area contributed by atoms with Crippen LogP contribution in [0.25, 0.3) is 0 Å². The summed E-state index contributed by atoms with van der Waals surface area (Å²) in [5.41, 5.74) is 3.35. The van der Waals surface area contributed by atoms with Crippen LogP contribution in [-0.2, 0) is 13.1 Å². The van der Waals surface area contributed by atoms with Crippen LogP contribution in [0.2, 0.25) is 0 Å². The number of nitrogens with one attached hydrogen (secondary N) is 2. The molecule has 0 aliphatic carbocycles. The van der Waals surface area contributed by atoms with Gasteiger partial charge in [0.1, 0.15) is 11.5 Å². The summed E-state index contributed by atoms with van der Waals surface area (Å²) in [5.74, 6) is 2.55. The lowest BCUT2D eigenvalue weighted by Crippen LogP contribution is -2.36. The van der Waals surface area contributed by atoms with E-state index in [-0.39, 0.29) is 0 Å². The molecule has 0 radical (unpaired) electrons. The third kappa shape index (κ3) is 5.41. The van der Waals surface area contributed by atoms with Gasteiger partial charge in [0.15, 0.2) is 5.96 Å². The molecule has 0 atom stereocenters. The molecule has 5 nitrogen and oxygen atoms in total. The van der Waals surface area contributed by atoms with E-state index in [2.05, 4.69) is 28.6 Å². The Balaban J connectivity index is 2.04. The van der Waals surface area contributed by atoms with Gasteiger partial charge in [0.25, 0.3) is 0 Å². The quantitative estimate of drug-likeness (QED) is 0.599. The molecule has 0 aliphatic heterocycles. The van der Waals surface area contributed by atoms with Gasteiger partial charge in [-0.25, -0.2) is 4.99 Å². The molecule has 0 amide bonds. The third-order valence-electron chi connectivity index (χ3n) is 3.86. The molecule has 0 heterocycles. The number of benzene rings is 2. The highest BCUT2D eigenvalue weighted by atomic mass is 16.5. The molecule has 0 fully saturated rings. The van der Waals surface area contributed by atoms with Crippen molar-refractivity contribution in [2.24, 2.45) is 4.99 Å². The van der Waals surface area contributed by atoms with E-state index in [4.69, 9.17) is 9.47 Å². The van der Waals surface area contributed by atoms with E-state index in [1.165, 1.54) is 0 Å². The number of rotatable bonds is 7. The summed E-state index contributed by atoms with van der Waals surface area (Å²) in [6.07, 6.45) is 0. The first kappa shape index (κ1) is 18.6. The monoisotopic (exact) mass is 341 g/mol. The fraction of sp³-hybridized carbons (Fsp3) is 0.350. The molecule has 134 valence electrons. The van der Waals surface area contributed by atoms with Gasteiger partial charge in [-0.3, -0.25) is 0 Å². The molecule has 0 unspecified atom stereocenters. The van der Waals surface area contributed by atoms with Crippen LogP contribution in [0.4, 0.5) is 0 Å². The molecule has 25 heavy (non-hydrogen) atoms.